The molecule has 2 N–H and O–H groups in total. The third kappa shape index (κ3) is 2.38. The Balaban J connectivity index is 1.82. The van der Waals surface area contributed by atoms with E-state index in [9.17, 15) is 0 Å². The third-order valence-electron chi connectivity index (χ3n) is 2.82. The summed E-state index contributed by atoms with van der Waals surface area (Å²) in [4.78, 5) is 4.61. The van der Waals surface area contributed by atoms with E-state index in [1.807, 2.05) is 29.6 Å². The van der Waals surface area contributed by atoms with Gasteiger partial charge in [0.2, 0.25) is 0 Å². The molecule has 3 rings (SSSR count). The maximum Gasteiger partial charge on any atom is 0.132 e. The van der Waals surface area contributed by atoms with Gasteiger partial charge in [-0.05, 0) is 12.1 Å². The van der Waals surface area contributed by atoms with Crippen LogP contribution in [0.3, 0.4) is 0 Å². The number of nitrogens with two attached hydrogens (primary N) is 1. The molecule has 1 unspecified atom stereocenters. The Morgan fingerprint density at radius 2 is 2.06 bits per heavy atom. The maximum absolute atomic E-state index is 5.67. The first-order valence-electron chi connectivity index (χ1n) is 5.83. The Kier molecular flexibility index (Phi) is 3.27. The van der Waals surface area contributed by atoms with E-state index in [0.29, 0.717) is 19.8 Å². The molecule has 1 aliphatic rings. The van der Waals surface area contributed by atoms with Gasteiger partial charge in [-0.2, -0.15) is 0 Å². The summed E-state index contributed by atoms with van der Waals surface area (Å²) < 4.78 is 11.0. The van der Waals surface area contributed by atoms with Crippen LogP contribution in [-0.2, 0) is 9.47 Å². The zero-order valence-corrected chi connectivity index (χ0v) is 10.7. The molecule has 0 amide bonds. The topological polar surface area (TPSA) is 57.4 Å². The summed E-state index contributed by atoms with van der Waals surface area (Å²) >= 11 is 1.61. The lowest BCUT2D eigenvalue weighted by atomic mass is 10.1. The molecule has 0 aliphatic carbocycles. The molecule has 1 saturated heterocycles. The van der Waals surface area contributed by atoms with Gasteiger partial charge in [0.15, 0.2) is 0 Å². The van der Waals surface area contributed by atoms with Crippen molar-refractivity contribution in [2.45, 2.75) is 6.10 Å². The summed E-state index contributed by atoms with van der Waals surface area (Å²) in [6, 6.07) is 7.72. The predicted octanol–water partition coefficient (Wildman–Crippen LogP) is 2.48. The Morgan fingerprint density at radius 1 is 1.22 bits per heavy atom. The Bertz CT molecular complexity index is 518. The van der Waals surface area contributed by atoms with Gasteiger partial charge in [0.05, 0.1) is 25.5 Å². The highest BCUT2D eigenvalue weighted by Gasteiger charge is 2.20. The third-order valence-corrected chi connectivity index (χ3v) is 3.76. The predicted molar refractivity (Wildman–Crippen MR) is 71.5 cm³/mol. The number of aromatic nitrogens is 1. The summed E-state index contributed by atoms with van der Waals surface area (Å²) in [5, 5.41) is 3.01. The van der Waals surface area contributed by atoms with Crippen LogP contribution in [0.15, 0.2) is 29.6 Å². The van der Waals surface area contributed by atoms with Crippen molar-refractivity contribution in [3.8, 4) is 11.3 Å². The van der Waals surface area contributed by atoms with Gasteiger partial charge in [0, 0.05) is 16.6 Å². The lowest BCUT2D eigenvalue weighted by Crippen LogP contribution is -2.21. The average Bonchev–Trinajstić information content (AvgIpc) is 2.90. The molecule has 1 aromatic heterocycles. The van der Waals surface area contributed by atoms with E-state index in [0.717, 1.165) is 22.0 Å². The molecule has 5 heteroatoms. The lowest BCUT2D eigenvalue weighted by Gasteiger charge is -2.20. The van der Waals surface area contributed by atoms with Gasteiger partial charge in [-0.1, -0.05) is 12.1 Å². The summed E-state index contributed by atoms with van der Waals surface area (Å²) in [5.41, 5.74) is 8.47. The molecule has 2 heterocycles. The van der Waals surface area contributed by atoms with E-state index in [1.54, 1.807) is 11.3 Å². The monoisotopic (exact) mass is 262 g/mol. The second kappa shape index (κ2) is 5.06. The summed E-state index contributed by atoms with van der Waals surface area (Å²) in [6.45, 7) is 1.91. The fraction of sp³-hybridized carbons (Fsp3) is 0.308. The maximum atomic E-state index is 5.67. The fourth-order valence-electron chi connectivity index (χ4n) is 1.85. The van der Waals surface area contributed by atoms with Crippen molar-refractivity contribution in [3.63, 3.8) is 0 Å². The Hall–Kier alpha value is -1.43. The molecule has 0 bridgehead atoms. The molecule has 1 aromatic carbocycles. The first-order chi connectivity index (χ1) is 8.83. The number of rotatable bonds is 2. The van der Waals surface area contributed by atoms with Crippen LogP contribution < -0.4 is 5.73 Å². The molecular formula is C13H14N2O2S. The van der Waals surface area contributed by atoms with Gasteiger partial charge in [-0.15, -0.1) is 11.3 Å². The van der Waals surface area contributed by atoms with Crippen molar-refractivity contribution in [2.75, 3.05) is 25.6 Å². The van der Waals surface area contributed by atoms with Crippen LogP contribution in [-0.4, -0.2) is 24.8 Å². The van der Waals surface area contributed by atoms with Gasteiger partial charge in [0.1, 0.15) is 11.1 Å². The molecule has 1 fully saturated rings. The van der Waals surface area contributed by atoms with Crippen molar-refractivity contribution in [3.05, 3.63) is 34.7 Å². The van der Waals surface area contributed by atoms with Crippen molar-refractivity contribution < 1.29 is 9.47 Å². The van der Waals surface area contributed by atoms with E-state index < -0.39 is 0 Å². The average molecular weight is 262 g/mol. The Labute approximate surface area is 109 Å². The molecular weight excluding hydrogens is 248 g/mol. The Morgan fingerprint density at radius 3 is 2.78 bits per heavy atom. The van der Waals surface area contributed by atoms with Crippen LogP contribution in [0.25, 0.3) is 11.3 Å². The smallest absolute Gasteiger partial charge is 0.132 e. The van der Waals surface area contributed by atoms with Crippen LogP contribution in [0.4, 0.5) is 5.69 Å². The minimum atomic E-state index is -0.0220. The second-order valence-corrected chi connectivity index (χ2v) is 5.02. The molecule has 0 spiro atoms. The normalized spacial score (nSPS) is 19.9. The number of ether oxygens (including phenoxy) is 2. The van der Waals surface area contributed by atoms with Gasteiger partial charge in [0.25, 0.3) is 0 Å². The number of thiazole rings is 1. The van der Waals surface area contributed by atoms with Crippen molar-refractivity contribution >= 4 is 17.0 Å². The van der Waals surface area contributed by atoms with Crippen molar-refractivity contribution in [1.82, 2.24) is 4.98 Å². The van der Waals surface area contributed by atoms with Gasteiger partial charge in [-0.3, -0.25) is 0 Å². The van der Waals surface area contributed by atoms with Crippen LogP contribution >= 0.6 is 11.3 Å². The van der Waals surface area contributed by atoms with Crippen LogP contribution in [0.2, 0.25) is 0 Å². The van der Waals surface area contributed by atoms with Crippen LogP contribution in [0, 0.1) is 0 Å². The largest absolute Gasteiger partial charge is 0.399 e. The van der Waals surface area contributed by atoms with Gasteiger partial charge < -0.3 is 15.2 Å². The highest BCUT2D eigenvalue weighted by atomic mass is 32.1. The first-order valence-corrected chi connectivity index (χ1v) is 6.71. The number of anilines is 1. The van der Waals surface area contributed by atoms with Gasteiger partial charge >= 0.3 is 0 Å². The molecule has 1 aliphatic heterocycles. The minimum absolute atomic E-state index is 0.0220. The number of nitrogens with zero attached hydrogens (tertiary/aromatic N) is 1. The molecule has 1 atom stereocenters. The summed E-state index contributed by atoms with van der Waals surface area (Å²) in [5.74, 6) is 0. The SMILES string of the molecule is Nc1ccc(-c2csc(C3COCCO3)n2)cc1. The zero-order chi connectivity index (χ0) is 12.4. The van der Waals surface area contributed by atoms with E-state index in [1.165, 1.54) is 0 Å². The van der Waals surface area contributed by atoms with Crippen LogP contribution in [0.1, 0.15) is 11.1 Å². The molecule has 18 heavy (non-hydrogen) atoms. The first kappa shape index (κ1) is 11.6. The van der Waals surface area contributed by atoms with E-state index >= 15 is 0 Å². The highest BCUT2D eigenvalue weighted by molar-refractivity contribution is 7.10. The van der Waals surface area contributed by atoms with E-state index in [2.05, 4.69) is 4.98 Å². The molecule has 0 radical (unpaired) electrons. The number of hydrogen-bond acceptors (Lipinski definition) is 5. The number of hydrogen-bond donors (Lipinski definition) is 1. The molecule has 0 saturated carbocycles. The minimum Gasteiger partial charge on any atom is -0.399 e. The zero-order valence-electron chi connectivity index (χ0n) is 9.83. The number of benzene rings is 1. The standard InChI is InChI=1S/C13H14N2O2S/c14-10-3-1-9(2-4-10)11-8-18-13(15-11)12-7-16-5-6-17-12/h1-4,8,12H,5-7,14H2. The fourth-order valence-corrected chi connectivity index (χ4v) is 2.71. The quantitative estimate of drug-likeness (QED) is 0.845. The number of nitrogen functional groups attached to an aromatic ring is 1. The summed E-state index contributed by atoms with van der Waals surface area (Å²) in [6.07, 6.45) is -0.0220. The van der Waals surface area contributed by atoms with Crippen molar-refractivity contribution in [1.29, 1.82) is 0 Å². The lowest BCUT2D eigenvalue weighted by molar-refractivity contribution is -0.0901. The summed E-state index contributed by atoms with van der Waals surface area (Å²) in [7, 11) is 0. The second-order valence-electron chi connectivity index (χ2n) is 4.13. The van der Waals surface area contributed by atoms with Crippen molar-refractivity contribution in [2.24, 2.45) is 0 Å². The molecule has 4 nitrogen and oxygen atoms in total. The van der Waals surface area contributed by atoms with E-state index in [4.69, 9.17) is 15.2 Å². The van der Waals surface area contributed by atoms with E-state index in [-0.39, 0.29) is 6.10 Å². The molecule has 2 aromatic rings. The van der Waals surface area contributed by atoms with Crippen LogP contribution in [0.5, 0.6) is 0 Å². The van der Waals surface area contributed by atoms with Gasteiger partial charge in [-0.25, -0.2) is 4.98 Å². The molecule has 94 valence electrons. The highest BCUT2D eigenvalue weighted by Crippen LogP contribution is 2.28.